The number of hydrogen-bond donors (Lipinski definition) is 3. The zero-order chi connectivity index (χ0) is 15.5. The molecule has 0 unspecified atom stereocenters. The van der Waals surface area contributed by atoms with Crippen molar-refractivity contribution >= 4 is 17.5 Å². The highest BCUT2D eigenvalue weighted by molar-refractivity contribution is 5.94. The molecule has 0 bridgehead atoms. The smallest absolute Gasteiger partial charge is 0.345 e. The molecule has 0 saturated carbocycles. The number of rotatable bonds is 3. The maximum Gasteiger partial charge on any atom is 0.416 e. The maximum absolute atomic E-state index is 12.4. The molecule has 1 fully saturated rings. The van der Waals surface area contributed by atoms with Crippen LogP contribution in [-0.4, -0.2) is 30.9 Å². The second-order valence-corrected chi connectivity index (χ2v) is 4.75. The number of nitrogens with two attached hydrogens (primary N) is 1. The third-order valence-electron chi connectivity index (χ3n) is 3.13. The van der Waals surface area contributed by atoms with Crippen LogP contribution >= 0.6 is 0 Å². The van der Waals surface area contributed by atoms with E-state index in [2.05, 4.69) is 10.6 Å². The molecule has 2 rings (SSSR count). The van der Waals surface area contributed by atoms with Gasteiger partial charge in [-0.15, -0.1) is 0 Å². The molecule has 1 aliphatic rings. The predicted octanol–water partition coefficient (Wildman–Crippen LogP) is 0.0958. The van der Waals surface area contributed by atoms with E-state index in [1.807, 2.05) is 0 Å². The molecule has 1 atom stereocenters. The van der Waals surface area contributed by atoms with Gasteiger partial charge >= 0.3 is 6.18 Å². The van der Waals surface area contributed by atoms with Gasteiger partial charge in [-0.3, -0.25) is 9.59 Å². The number of hydrogen-bond acceptors (Lipinski definition) is 2. The predicted molar refractivity (Wildman–Crippen MR) is 68.3 cm³/mol. The summed E-state index contributed by atoms with van der Waals surface area (Å²) in [4.78, 5) is 23.3. The van der Waals surface area contributed by atoms with E-state index in [4.69, 9.17) is 0 Å². The lowest BCUT2D eigenvalue weighted by Gasteiger charge is -2.19. The number of piperazine rings is 1. The van der Waals surface area contributed by atoms with Gasteiger partial charge in [0.25, 0.3) is 5.91 Å². The molecule has 1 aliphatic heterocycles. The molecule has 1 aromatic rings. The number of benzene rings is 1. The summed E-state index contributed by atoms with van der Waals surface area (Å²) in [5.41, 5.74) is -0.510. The minimum absolute atomic E-state index is 0.0210. The van der Waals surface area contributed by atoms with Crippen molar-refractivity contribution in [1.29, 1.82) is 0 Å². The van der Waals surface area contributed by atoms with Crippen molar-refractivity contribution in [3.63, 3.8) is 0 Å². The van der Waals surface area contributed by atoms with Gasteiger partial charge < -0.3 is 16.0 Å². The third-order valence-corrected chi connectivity index (χ3v) is 3.13. The van der Waals surface area contributed by atoms with Crippen molar-refractivity contribution in [3.05, 3.63) is 29.8 Å². The Kier molecular flexibility index (Phi) is 4.46. The molecule has 4 N–H and O–H groups in total. The molecule has 0 aromatic heterocycles. The second-order valence-electron chi connectivity index (χ2n) is 4.75. The van der Waals surface area contributed by atoms with E-state index >= 15 is 0 Å². The van der Waals surface area contributed by atoms with E-state index in [1.165, 1.54) is 12.1 Å². The average molecular weight is 302 g/mol. The Morgan fingerprint density at radius 2 is 2.00 bits per heavy atom. The zero-order valence-corrected chi connectivity index (χ0v) is 11.0. The normalized spacial score (nSPS) is 19.0. The first-order valence-electron chi connectivity index (χ1n) is 6.44. The molecule has 1 heterocycles. The number of halogens is 3. The van der Waals surface area contributed by atoms with Crippen LogP contribution in [0.3, 0.4) is 0 Å². The van der Waals surface area contributed by atoms with Crippen molar-refractivity contribution in [3.8, 4) is 0 Å². The van der Waals surface area contributed by atoms with Gasteiger partial charge in [-0.1, -0.05) is 0 Å². The van der Waals surface area contributed by atoms with Crippen LogP contribution in [0.1, 0.15) is 12.0 Å². The fourth-order valence-electron chi connectivity index (χ4n) is 2.05. The fourth-order valence-corrected chi connectivity index (χ4v) is 2.05. The van der Waals surface area contributed by atoms with E-state index in [1.54, 1.807) is 5.32 Å². The van der Waals surface area contributed by atoms with Crippen molar-refractivity contribution in [2.24, 2.45) is 0 Å². The molecule has 8 heteroatoms. The van der Waals surface area contributed by atoms with Crippen LogP contribution in [0.4, 0.5) is 18.9 Å². The Hall–Kier alpha value is -2.09. The first-order chi connectivity index (χ1) is 9.86. The summed E-state index contributed by atoms with van der Waals surface area (Å²) in [6.45, 7) is 1.26. The highest BCUT2D eigenvalue weighted by Crippen LogP contribution is 2.29. The van der Waals surface area contributed by atoms with Crippen LogP contribution in [0.2, 0.25) is 0 Å². The summed E-state index contributed by atoms with van der Waals surface area (Å²) in [5.74, 6) is -0.614. The van der Waals surface area contributed by atoms with E-state index in [-0.39, 0.29) is 18.0 Å². The molecule has 0 spiro atoms. The minimum Gasteiger partial charge on any atom is -0.345 e. The maximum atomic E-state index is 12.4. The van der Waals surface area contributed by atoms with Crippen LogP contribution in [0.25, 0.3) is 0 Å². The molecule has 1 aromatic carbocycles. The highest BCUT2D eigenvalue weighted by atomic mass is 19.4. The Morgan fingerprint density at radius 1 is 1.33 bits per heavy atom. The molecular formula is C13H15F3N3O2+. The van der Waals surface area contributed by atoms with Gasteiger partial charge in [0.15, 0.2) is 6.04 Å². The van der Waals surface area contributed by atoms with E-state index < -0.39 is 23.7 Å². The lowest BCUT2D eigenvalue weighted by atomic mass is 10.1. The topological polar surface area (TPSA) is 74.8 Å². The Bertz CT molecular complexity index is 528. The van der Waals surface area contributed by atoms with Gasteiger partial charge in [0.05, 0.1) is 25.1 Å². The lowest BCUT2D eigenvalue weighted by molar-refractivity contribution is -0.678. The molecule has 21 heavy (non-hydrogen) atoms. The van der Waals surface area contributed by atoms with E-state index in [0.29, 0.717) is 13.1 Å². The van der Waals surface area contributed by atoms with Gasteiger partial charge in [-0.25, -0.2) is 0 Å². The molecule has 0 radical (unpaired) electrons. The Labute approximate surface area is 118 Å². The number of quaternary nitrogens is 1. The SMILES string of the molecule is O=C(C[C@@H]1[NH2+]CCNC1=O)Nc1ccc(C(F)(F)F)cc1. The summed E-state index contributed by atoms with van der Waals surface area (Å²) < 4.78 is 37.2. The first-order valence-corrected chi connectivity index (χ1v) is 6.44. The summed E-state index contributed by atoms with van der Waals surface area (Å²) >= 11 is 0. The number of nitrogens with one attached hydrogen (secondary N) is 2. The molecule has 0 aliphatic carbocycles. The first kappa shape index (κ1) is 15.3. The van der Waals surface area contributed by atoms with Gasteiger partial charge in [0.1, 0.15) is 0 Å². The number of amides is 2. The number of carbonyl (C=O) groups excluding carboxylic acids is 2. The van der Waals surface area contributed by atoms with Crippen LogP contribution in [0, 0.1) is 0 Å². The molecule has 114 valence electrons. The quantitative estimate of drug-likeness (QED) is 0.740. The van der Waals surface area contributed by atoms with Gasteiger partial charge in [0, 0.05) is 5.69 Å². The van der Waals surface area contributed by atoms with Crippen molar-refractivity contribution < 1.29 is 28.1 Å². The molecular weight excluding hydrogens is 287 g/mol. The largest absolute Gasteiger partial charge is 0.416 e. The van der Waals surface area contributed by atoms with Crippen molar-refractivity contribution in [1.82, 2.24) is 5.32 Å². The van der Waals surface area contributed by atoms with Crippen molar-refractivity contribution in [2.45, 2.75) is 18.6 Å². The minimum atomic E-state index is -4.41. The van der Waals surface area contributed by atoms with Crippen LogP contribution < -0.4 is 16.0 Å². The van der Waals surface area contributed by atoms with Gasteiger partial charge in [-0.05, 0) is 24.3 Å². The number of anilines is 1. The lowest BCUT2D eigenvalue weighted by Crippen LogP contribution is -2.96. The second kappa shape index (κ2) is 6.13. The van der Waals surface area contributed by atoms with Crippen LogP contribution in [0.15, 0.2) is 24.3 Å². The molecule has 5 nitrogen and oxygen atoms in total. The summed E-state index contributed by atoms with van der Waals surface area (Å²) in [5, 5.41) is 6.90. The van der Waals surface area contributed by atoms with E-state index in [9.17, 15) is 22.8 Å². The molecule has 1 saturated heterocycles. The van der Waals surface area contributed by atoms with Crippen LogP contribution in [0.5, 0.6) is 0 Å². The summed E-state index contributed by atoms with van der Waals surface area (Å²) in [6.07, 6.45) is -4.43. The highest BCUT2D eigenvalue weighted by Gasteiger charge is 2.30. The van der Waals surface area contributed by atoms with E-state index in [0.717, 1.165) is 12.1 Å². The molecule has 2 amide bonds. The van der Waals surface area contributed by atoms with Gasteiger partial charge in [0.2, 0.25) is 5.91 Å². The van der Waals surface area contributed by atoms with Crippen LogP contribution in [-0.2, 0) is 15.8 Å². The Balaban J connectivity index is 1.92. The average Bonchev–Trinajstić information content (AvgIpc) is 2.41. The van der Waals surface area contributed by atoms with Gasteiger partial charge in [-0.2, -0.15) is 13.2 Å². The summed E-state index contributed by atoms with van der Waals surface area (Å²) in [7, 11) is 0. The zero-order valence-electron chi connectivity index (χ0n) is 11.0. The standard InChI is InChI=1S/C13H14F3N3O2/c14-13(15,16)8-1-3-9(4-2-8)19-11(20)7-10-12(21)18-6-5-17-10/h1-4,10,17H,5-7H2,(H,18,21)(H,19,20)/p+1/t10-/m0/s1. The number of carbonyl (C=O) groups is 2. The third kappa shape index (κ3) is 4.19. The number of alkyl halides is 3. The summed E-state index contributed by atoms with van der Waals surface area (Å²) in [6, 6.07) is 3.68. The Morgan fingerprint density at radius 3 is 2.57 bits per heavy atom. The fraction of sp³-hybridized carbons (Fsp3) is 0.385. The monoisotopic (exact) mass is 302 g/mol. The van der Waals surface area contributed by atoms with Crippen molar-refractivity contribution in [2.75, 3.05) is 18.4 Å².